The number of hydrogen-bond acceptors (Lipinski definition) is 6. The molecule has 0 radical (unpaired) electrons. The number of likely N-dealkylation sites (tertiary alicyclic amines) is 2. The summed E-state index contributed by atoms with van der Waals surface area (Å²) in [5.41, 5.74) is 0. The Labute approximate surface area is 218 Å². The molecule has 4 saturated heterocycles. The summed E-state index contributed by atoms with van der Waals surface area (Å²) in [5.74, 6) is 0.781. The summed E-state index contributed by atoms with van der Waals surface area (Å²) < 4.78 is 12.8. The zero-order chi connectivity index (χ0) is 25.9. The monoisotopic (exact) mass is 506 g/mol. The van der Waals surface area contributed by atoms with Crippen LogP contribution in [0.4, 0.5) is 0 Å². The SMILES string of the molecule is CC(C)CC1NCCN([C@@H](CC(C)C)C(=O)N2CCC3(CC2C)OCC(CN2CCCC2)CO3)C1=O. The highest BCUT2D eigenvalue weighted by Crippen LogP contribution is 2.36. The van der Waals surface area contributed by atoms with E-state index in [0.29, 0.717) is 50.1 Å². The molecule has 0 aromatic rings. The number of carbonyl (C=O) groups is 2. The summed E-state index contributed by atoms with van der Waals surface area (Å²) in [6.45, 7) is 17.5. The Morgan fingerprint density at radius 3 is 2.36 bits per heavy atom. The second-order valence-electron chi connectivity index (χ2n) is 12.6. The van der Waals surface area contributed by atoms with Gasteiger partial charge in [-0.1, -0.05) is 27.7 Å². The van der Waals surface area contributed by atoms with Crippen LogP contribution in [0.3, 0.4) is 0 Å². The van der Waals surface area contributed by atoms with Gasteiger partial charge >= 0.3 is 0 Å². The largest absolute Gasteiger partial charge is 0.349 e. The number of piperazine rings is 1. The number of hydrogen-bond donors (Lipinski definition) is 1. The van der Waals surface area contributed by atoms with E-state index >= 15 is 0 Å². The summed E-state index contributed by atoms with van der Waals surface area (Å²) in [4.78, 5) is 33.8. The maximum Gasteiger partial charge on any atom is 0.245 e. The number of rotatable bonds is 8. The van der Waals surface area contributed by atoms with Crippen LogP contribution in [0.1, 0.15) is 73.1 Å². The molecule has 3 atom stereocenters. The van der Waals surface area contributed by atoms with Crippen LogP contribution in [-0.4, -0.2) is 103 Å². The minimum Gasteiger partial charge on any atom is -0.349 e. The molecule has 4 aliphatic rings. The van der Waals surface area contributed by atoms with Gasteiger partial charge < -0.3 is 29.5 Å². The van der Waals surface area contributed by atoms with Crippen molar-refractivity contribution in [1.82, 2.24) is 20.0 Å². The third kappa shape index (κ3) is 6.61. The number of carbonyl (C=O) groups excluding carboxylic acids is 2. The molecule has 0 bridgehead atoms. The maximum atomic E-state index is 14.0. The lowest BCUT2D eigenvalue weighted by Crippen LogP contribution is -2.64. The summed E-state index contributed by atoms with van der Waals surface area (Å²) in [6, 6.07) is -0.579. The van der Waals surface area contributed by atoms with Crippen molar-refractivity contribution in [3.05, 3.63) is 0 Å². The highest BCUT2D eigenvalue weighted by atomic mass is 16.7. The molecule has 8 nitrogen and oxygen atoms in total. The fraction of sp³-hybridized carbons (Fsp3) is 0.929. The topological polar surface area (TPSA) is 74.3 Å². The summed E-state index contributed by atoms with van der Waals surface area (Å²) in [6.07, 6.45) is 5.48. The van der Waals surface area contributed by atoms with Crippen molar-refractivity contribution < 1.29 is 19.1 Å². The first-order chi connectivity index (χ1) is 17.2. The van der Waals surface area contributed by atoms with Crippen molar-refractivity contribution in [2.24, 2.45) is 17.8 Å². The second-order valence-corrected chi connectivity index (χ2v) is 12.6. The zero-order valence-electron chi connectivity index (χ0n) is 23.3. The molecule has 8 heteroatoms. The Balaban J connectivity index is 1.37. The lowest BCUT2D eigenvalue weighted by molar-refractivity contribution is -0.303. The van der Waals surface area contributed by atoms with Gasteiger partial charge in [0.2, 0.25) is 11.8 Å². The van der Waals surface area contributed by atoms with Crippen LogP contribution in [0.25, 0.3) is 0 Å². The van der Waals surface area contributed by atoms with E-state index in [2.05, 4.69) is 44.8 Å². The summed E-state index contributed by atoms with van der Waals surface area (Å²) >= 11 is 0. The average Bonchev–Trinajstić information content (AvgIpc) is 3.33. The highest BCUT2D eigenvalue weighted by molar-refractivity contribution is 5.90. The molecule has 1 N–H and O–H groups in total. The van der Waals surface area contributed by atoms with Gasteiger partial charge in [0.1, 0.15) is 6.04 Å². The molecule has 1 spiro atoms. The quantitative estimate of drug-likeness (QED) is 0.546. The van der Waals surface area contributed by atoms with Crippen molar-refractivity contribution >= 4 is 11.8 Å². The van der Waals surface area contributed by atoms with Crippen LogP contribution in [0.15, 0.2) is 0 Å². The molecule has 4 fully saturated rings. The molecule has 2 unspecified atom stereocenters. The van der Waals surface area contributed by atoms with E-state index in [0.717, 1.165) is 32.7 Å². The lowest BCUT2D eigenvalue weighted by Gasteiger charge is -2.49. The Kier molecular flexibility index (Phi) is 9.34. The summed E-state index contributed by atoms with van der Waals surface area (Å²) in [7, 11) is 0. The maximum absolute atomic E-state index is 14.0. The molecule has 0 aromatic heterocycles. The predicted molar refractivity (Wildman–Crippen MR) is 140 cm³/mol. The van der Waals surface area contributed by atoms with E-state index in [1.165, 1.54) is 25.9 Å². The molecule has 0 saturated carbocycles. The van der Waals surface area contributed by atoms with Crippen molar-refractivity contribution in [3.63, 3.8) is 0 Å². The fourth-order valence-corrected chi connectivity index (χ4v) is 6.55. The number of amides is 2. The standard InChI is InChI=1S/C28H50N4O4/c1-20(2)14-24-26(33)32(13-9-29-24)25(15-21(3)4)27(34)31-12-8-28(16-22(31)5)35-18-23(19-36-28)17-30-10-6-7-11-30/h20-25,29H,6-19H2,1-5H3/t22?,23?,24?,25-,28?/m0/s1. The number of ether oxygens (including phenoxy) is 2. The predicted octanol–water partition coefficient (Wildman–Crippen LogP) is 2.71. The highest BCUT2D eigenvalue weighted by Gasteiger charge is 2.47. The molecule has 4 rings (SSSR count). The van der Waals surface area contributed by atoms with E-state index in [1.807, 2.05) is 9.80 Å². The molecule has 0 aliphatic carbocycles. The minimum atomic E-state index is -0.571. The number of nitrogens with one attached hydrogen (secondary N) is 1. The molecular formula is C28H50N4O4. The molecule has 0 aromatic carbocycles. The molecule has 206 valence electrons. The van der Waals surface area contributed by atoms with Crippen LogP contribution in [0.5, 0.6) is 0 Å². The normalized spacial score (nSPS) is 33.2. The van der Waals surface area contributed by atoms with Crippen molar-refractivity contribution in [1.29, 1.82) is 0 Å². The van der Waals surface area contributed by atoms with Gasteiger partial charge in [0, 0.05) is 51.0 Å². The van der Waals surface area contributed by atoms with Crippen LogP contribution >= 0.6 is 0 Å². The van der Waals surface area contributed by atoms with Crippen molar-refractivity contribution in [3.8, 4) is 0 Å². The average molecular weight is 507 g/mol. The van der Waals surface area contributed by atoms with E-state index in [1.54, 1.807) is 0 Å². The third-order valence-electron chi connectivity index (χ3n) is 8.42. The Morgan fingerprint density at radius 2 is 1.75 bits per heavy atom. The van der Waals surface area contributed by atoms with Crippen LogP contribution in [0.2, 0.25) is 0 Å². The minimum absolute atomic E-state index is 0.0144. The lowest BCUT2D eigenvalue weighted by atomic mass is 9.92. The number of nitrogens with zero attached hydrogens (tertiary/aromatic N) is 3. The number of piperidine rings is 1. The molecular weight excluding hydrogens is 456 g/mol. The molecule has 36 heavy (non-hydrogen) atoms. The van der Waals surface area contributed by atoms with Gasteiger partial charge in [0.25, 0.3) is 0 Å². The Morgan fingerprint density at radius 1 is 1.06 bits per heavy atom. The van der Waals surface area contributed by atoms with Crippen molar-refractivity contribution in [2.45, 2.75) is 97.1 Å². The van der Waals surface area contributed by atoms with Crippen molar-refractivity contribution in [2.75, 3.05) is 52.5 Å². The summed E-state index contributed by atoms with van der Waals surface area (Å²) in [5, 5.41) is 3.38. The Bertz CT molecular complexity index is 746. The molecule has 4 aliphatic heterocycles. The van der Waals surface area contributed by atoms with Gasteiger partial charge in [-0.3, -0.25) is 9.59 Å². The third-order valence-corrected chi connectivity index (χ3v) is 8.42. The van der Waals surface area contributed by atoms with Crippen LogP contribution < -0.4 is 5.32 Å². The fourth-order valence-electron chi connectivity index (χ4n) is 6.55. The first kappa shape index (κ1) is 27.8. The van der Waals surface area contributed by atoms with Gasteiger partial charge in [-0.05, 0) is 57.5 Å². The molecule has 2 amide bonds. The van der Waals surface area contributed by atoms with Gasteiger partial charge in [-0.25, -0.2) is 0 Å². The van der Waals surface area contributed by atoms with E-state index in [-0.39, 0.29) is 23.9 Å². The van der Waals surface area contributed by atoms with Gasteiger partial charge in [0.05, 0.1) is 19.3 Å². The first-order valence-electron chi connectivity index (χ1n) is 14.5. The van der Waals surface area contributed by atoms with Crippen LogP contribution in [0, 0.1) is 17.8 Å². The molecule has 4 heterocycles. The second kappa shape index (κ2) is 12.1. The van der Waals surface area contributed by atoms with E-state index in [9.17, 15) is 9.59 Å². The van der Waals surface area contributed by atoms with Gasteiger partial charge in [-0.2, -0.15) is 0 Å². The Hall–Kier alpha value is -1.22. The first-order valence-corrected chi connectivity index (χ1v) is 14.5. The van der Waals surface area contributed by atoms with Crippen LogP contribution in [-0.2, 0) is 19.1 Å². The van der Waals surface area contributed by atoms with E-state index < -0.39 is 11.8 Å². The zero-order valence-corrected chi connectivity index (χ0v) is 23.3. The van der Waals surface area contributed by atoms with Gasteiger partial charge in [0.15, 0.2) is 5.79 Å². The van der Waals surface area contributed by atoms with Gasteiger partial charge in [-0.15, -0.1) is 0 Å². The smallest absolute Gasteiger partial charge is 0.245 e. The van der Waals surface area contributed by atoms with E-state index in [4.69, 9.17) is 9.47 Å².